The fourth-order valence-electron chi connectivity index (χ4n) is 4.21. The number of hydrogen-bond acceptors (Lipinski definition) is 4. The van der Waals surface area contributed by atoms with Crippen molar-refractivity contribution in [3.63, 3.8) is 0 Å². The summed E-state index contributed by atoms with van der Waals surface area (Å²) in [6.45, 7) is 5.09. The first kappa shape index (κ1) is 17.8. The highest BCUT2D eigenvalue weighted by atomic mass is 16.4. The number of fused-ring (bicyclic) bond motifs is 1. The summed E-state index contributed by atoms with van der Waals surface area (Å²) in [5, 5.41) is 10.6. The lowest BCUT2D eigenvalue weighted by atomic mass is 9.76. The second kappa shape index (κ2) is 7.20. The van der Waals surface area contributed by atoms with Gasteiger partial charge in [-0.25, -0.2) is 4.79 Å². The molecule has 27 heavy (non-hydrogen) atoms. The van der Waals surface area contributed by atoms with Crippen molar-refractivity contribution in [2.45, 2.75) is 38.1 Å². The lowest BCUT2D eigenvalue weighted by molar-refractivity contribution is 0.270. The average molecular weight is 363 g/mol. The molecular weight excluding hydrogens is 338 g/mol. The molecule has 4 heteroatoms. The second-order valence-electron chi connectivity index (χ2n) is 7.83. The first-order valence-corrected chi connectivity index (χ1v) is 9.57. The van der Waals surface area contributed by atoms with Crippen LogP contribution in [-0.2, 0) is 12.0 Å². The number of phenolic OH excluding ortho intramolecular Hbond substituents is 1. The Kier molecular flexibility index (Phi) is 4.75. The van der Waals surface area contributed by atoms with Gasteiger partial charge in [-0.1, -0.05) is 37.3 Å². The Hall–Kier alpha value is -2.59. The van der Waals surface area contributed by atoms with Gasteiger partial charge < -0.3 is 9.52 Å². The molecule has 0 saturated carbocycles. The molecule has 0 bridgehead atoms. The number of hydrogen-bond donors (Lipinski definition) is 1. The molecule has 1 atom stereocenters. The summed E-state index contributed by atoms with van der Waals surface area (Å²) < 4.78 is 5.25. The van der Waals surface area contributed by atoms with Crippen molar-refractivity contribution >= 4 is 11.0 Å². The third kappa shape index (κ3) is 3.76. The van der Waals surface area contributed by atoms with E-state index in [4.69, 9.17) is 4.42 Å². The zero-order valence-corrected chi connectivity index (χ0v) is 15.6. The van der Waals surface area contributed by atoms with Crippen LogP contribution in [0.5, 0.6) is 5.75 Å². The highest BCUT2D eigenvalue weighted by Crippen LogP contribution is 2.35. The van der Waals surface area contributed by atoms with Gasteiger partial charge in [0.15, 0.2) is 0 Å². The Morgan fingerprint density at radius 1 is 1.07 bits per heavy atom. The maximum Gasteiger partial charge on any atom is 0.336 e. The average Bonchev–Trinajstić information content (AvgIpc) is 2.84. The number of likely N-dealkylation sites (tertiary alicyclic amines) is 1. The minimum Gasteiger partial charge on any atom is -0.508 e. The molecule has 3 aromatic rings. The van der Waals surface area contributed by atoms with E-state index in [9.17, 15) is 9.90 Å². The van der Waals surface area contributed by atoms with E-state index in [0.717, 1.165) is 43.4 Å². The predicted octanol–water partition coefficient (Wildman–Crippen LogP) is 4.44. The number of aromatic hydroxyl groups is 1. The molecule has 4 rings (SSSR count). The Labute approximate surface area is 159 Å². The van der Waals surface area contributed by atoms with E-state index in [1.54, 1.807) is 12.1 Å². The second-order valence-corrected chi connectivity index (χ2v) is 7.83. The highest BCUT2D eigenvalue weighted by Gasteiger charge is 2.29. The van der Waals surface area contributed by atoms with E-state index < -0.39 is 0 Å². The largest absolute Gasteiger partial charge is 0.508 e. The van der Waals surface area contributed by atoms with Crippen LogP contribution in [0.2, 0.25) is 0 Å². The van der Waals surface area contributed by atoms with Crippen LogP contribution in [0.25, 0.3) is 11.0 Å². The Morgan fingerprint density at radius 2 is 1.89 bits per heavy atom. The van der Waals surface area contributed by atoms with Crippen LogP contribution in [-0.4, -0.2) is 23.1 Å². The summed E-state index contributed by atoms with van der Waals surface area (Å²) in [7, 11) is 0. The van der Waals surface area contributed by atoms with Crippen LogP contribution in [0, 0.1) is 0 Å². The molecule has 0 radical (unpaired) electrons. The lowest BCUT2D eigenvalue weighted by Crippen LogP contribution is -2.27. The molecule has 1 saturated heterocycles. The van der Waals surface area contributed by atoms with Gasteiger partial charge in [-0.05, 0) is 61.0 Å². The van der Waals surface area contributed by atoms with E-state index in [-0.39, 0.29) is 16.8 Å². The van der Waals surface area contributed by atoms with E-state index >= 15 is 0 Å². The van der Waals surface area contributed by atoms with Gasteiger partial charge in [0.25, 0.3) is 0 Å². The summed E-state index contributed by atoms with van der Waals surface area (Å²) in [4.78, 5) is 14.4. The summed E-state index contributed by atoms with van der Waals surface area (Å²) >= 11 is 0. The molecule has 1 N–H and O–H groups in total. The van der Waals surface area contributed by atoms with Crippen molar-refractivity contribution < 1.29 is 9.52 Å². The molecule has 1 aliphatic heterocycles. The first-order chi connectivity index (χ1) is 13.0. The zero-order valence-electron chi connectivity index (χ0n) is 15.6. The van der Waals surface area contributed by atoms with E-state index in [0.29, 0.717) is 5.58 Å². The molecule has 2 aromatic carbocycles. The van der Waals surface area contributed by atoms with E-state index in [1.165, 1.54) is 18.1 Å². The Morgan fingerprint density at radius 3 is 2.70 bits per heavy atom. The first-order valence-electron chi connectivity index (χ1n) is 9.57. The molecule has 4 nitrogen and oxygen atoms in total. The normalized spacial score (nSPS) is 21.2. The van der Waals surface area contributed by atoms with Crippen molar-refractivity contribution in [3.8, 4) is 5.75 Å². The minimum atomic E-state index is -0.368. The molecule has 1 aliphatic rings. The predicted molar refractivity (Wildman–Crippen MR) is 107 cm³/mol. The van der Waals surface area contributed by atoms with Crippen molar-refractivity contribution in [2.24, 2.45) is 0 Å². The lowest BCUT2D eigenvalue weighted by Gasteiger charge is -2.29. The topological polar surface area (TPSA) is 53.7 Å². The number of rotatable bonds is 3. The number of benzene rings is 2. The standard InChI is InChI=1S/C23H25NO3/c1-23(18-6-3-2-4-7-18)10-5-12-24(13-11-23)16-17-14-22(26)27-21-15-19(25)8-9-20(17)21/h2-4,6-9,14-15,25H,5,10-13,16H2,1H3. The quantitative estimate of drug-likeness (QED) is 0.699. The summed E-state index contributed by atoms with van der Waals surface area (Å²) in [6, 6.07) is 17.3. The zero-order chi connectivity index (χ0) is 18.9. The summed E-state index contributed by atoms with van der Waals surface area (Å²) in [6.07, 6.45) is 3.39. The highest BCUT2D eigenvalue weighted by molar-refractivity contribution is 5.81. The van der Waals surface area contributed by atoms with Crippen molar-refractivity contribution in [1.29, 1.82) is 0 Å². The van der Waals surface area contributed by atoms with E-state index in [2.05, 4.69) is 42.2 Å². The molecule has 1 aromatic heterocycles. The van der Waals surface area contributed by atoms with Crippen molar-refractivity contribution in [2.75, 3.05) is 13.1 Å². The van der Waals surface area contributed by atoms with Gasteiger partial charge in [-0.3, -0.25) is 4.90 Å². The van der Waals surface area contributed by atoms with Gasteiger partial charge in [0.1, 0.15) is 11.3 Å². The van der Waals surface area contributed by atoms with Crippen molar-refractivity contribution in [1.82, 2.24) is 4.90 Å². The van der Waals surface area contributed by atoms with Gasteiger partial charge in [-0.2, -0.15) is 0 Å². The van der Waals surface area contributed by atoms with Gasteiger partial charge in [-0.15, -0.1) is 0 Å². The molecule has 2 heterocycles. The number of phenols is 1. The van der Waals surface area contributed by atoms with Crippen LogP contribution < -0.4 is 5.63 Å². The maximum absolute atomic E-state index is 11.9. The van der Waals surface area contributed by atoms with Gasteiger partial charge in [0.2, 0.25) is 0 Å². The third-order valence-electron chi connectivity index (χ3n) is 5.86. The molecule has 0 aliphatic carbocycles. The van der Waals surface area contributed by atoms with Crippen LogP contribution in [0.4, 0.5) is 0 Å². The fourth-order valence-corrected chi connectivity index (χ4v) is 4.21. The van der Waals surface area contributed by atoms with Crippen molar-refractivity contribution in [3.05, 3.63) is 76.1 Å². The van der Waals surface area contributed by atoms with Gasteiger partial charge in [0, 0.05) is 24.1 Å². The molecule has 140 valence electrons. The monoisotopic (exact) mass is 363 g/mol. The Balaban J connectivity index is 1.56. The molecule has 1 fully saturated rings. The molecule has 1 unspecified atom stereocenters. The SMILES string of the molecule is CC1(c2ccccc2)CCCN(Cc2cc(=O)oc3cc(O)ccc23)CC1. The smallest absolute Gasteiger partial charge is 0.336 e. The van der Waals surface area contributed by atoms with Crippen LogP contribution >= 0.6 is 0 Å². The van der Waals surface area contributed by atoms with E-state index in [1.807, 2.05) is 6.07 Å². The fraction of sp³-hybridized carbons (Fsp3) is 0.348. The number of nitrogens with zero attached hydrogens (tertiary/aromatic N) is 1. The summed E-state index contributed by atoms with van der Waals surface area (Å²) in [5.41, 5.74) is 2.64. The third-order valence-corrected chi connectivity index (χ3v) is 5.86. The minimum absolute atomic E-state index is 0.108. The summed E-state index contributed by atoms with van der Waals surface area (Å²) in [5.74, 6) is 0.108. The van der Waals surface area contributed by atoms with Crippen LogP contribution in [0.15, 0.2) is 63.8 Å². The van der Waals surface area contributed by atoms with Gasteiger partial charge >= 0.3 is 5.63 Å². The Bertz CT molecular complexity index is 995. The van der Waals surface area contributed by atoms with Crippen LogP contribution in [0.3, 0.4) is 0 Å². The molecule has 0 amide bonds. The molecule has 0 spiro atoms. The maximum atomic E-state index is 11.9. The van der Waals surface area contributed by atoms with Gasteiger partial charge in [0.05, 0.1) is 0 Å². The molecular formula is C23H25NO3. The van der Waals surface area contributed by atoms with Crippen LogP contribution in [0.1, 0.15) is 37.3 Å².